The molecule has 0 aliphatic rings. The monoisotopic (exact) mass is 229 g/mol. The van der Waals surface area contributed by atoms with Gasteiger partial charge in [-0.05, 0) is 5.92 Å². The number of aldehydes is 1. The average molecular weight is 229 g/mol. The lowest BCUT2D eigenvalue weighted by Gasteiger charge is -2.36. The van der Waals surface area contributed by atoms with Crippen molar-refractivity contribution in [3.05, 3.63) is 0 Å². The van der Waals surface area contributed by atoms with Gasteiger partial charge >= 0.3 is 0 Å². The molecule has 0 fully saturated rings. The van der Waals surface area contributed by atoms with Gasteiger partial charge in [0.15, 0.2) is 0 Å². The van der Waals surface area contributed by atoms with Crippen LogP contribution in [0.25, 0.3) is 0 Å². The zero-order chi connectivity index (χ0) is 12.7. The minimum absolute atomic E-state index is 0.00162. The molecule has 0 aromatic rings. The first kappa shape index (κ1) is 15.1. The fourth-order valence-electron chi connectivity index (χ4n) is 1.92. The van der Waals surface area contributed by atoms with Crippen molar-refractivity contribution in [2.24, 2.45) is 5.92 Å². The van der Waals surface area contributed by atoms with Crippen LogP contribution in [0.5, 0.6) is 0 Å². The first-order valence-corrected chi connectivity index (χ1v) is 5.69. The second-order valence-electron chi connectivity index (χ2n) is 4.18. The van der Waals surface area contributed by atoms with Crippen LogP contribution in [0.2, 0.25) is 0 Å². The molecule has 16 heavy (non-hydrogen) atoms. The SMILES string of the molecule is CC[C@H](C)[C@@H]([C@@H](CC=O)OC)N(C)C(C)=O. The predicted octanol–water partition coefficient (Wildman–Crippen LogP) is 1.48. The quantitative estimate of drug-likeness (QED) is 0.621. The molecule has 0 saturated carbocycles. The summed E-state index contributed by atoms with van der Waals surface area (Å²) in [6, 6.07) is -0.0438. The number of hydrogen-bond acceptors (Lipinski definition) is 3. The van der Waals surface area contributed by atoms with Crippen LogP contribution in [0.15, 0.2) is 0 Å². The molecule has 0 aromatic carbocycles. The lowest BCUT2D eigenvalue weighted by atomic mass is 9.91. The molecule has 94 valence electrons. The molecular weight excluding hydrogens is 206 g/mol. The Labute approximate surface area is 98.0 Å². The van der Waals surface area contributed by atoms with Crippen molar-refractivity contribution < 1.29 is 14.3 Å². The molecule has 0 radical (unpaired) electrons. The highest BCUT2D eigenvalue weighted by Gasteiger charge is 2.30. The molecule has 0 aliphatic carbocycles. The smallest absolute Gasteiger partial charge is 0.219 e. The van der Waals surface area contributed by atoms with E-state index >= 15 is 0 Å². The summed E-state index contributed by atoms with van der Waals surface area (Å²) in [4.78, 5) is 23.7. The summed E-state index contributed by atoms with van der Waals surface area (Å²) in [5.41, 5.74) is 0. The number of hydrogen-bond donors (Lipinski definition) is 0. The molecule has 4 heteroatoms. The molecule has 0 saturated heterocycles. The molecule has 1 amide bonds. The number of ether oxygens (including phenoxy) is 1. The second-order valence-corrected chi connectivity index (χ2v) is 4.18. The van der Waals surface area contributed by atoms with Crippen LogP contribution >= 0.6 is 0 Å². The minimum Gasteiger partial charge on any atom is -0.379 e. The average Bonchev–Trinajstić information content (AvgIpc) is 2.27. The Morgan fingerprint density at radius 3 is 2.38 bits per heavy atom. The molecule has 0 spiro atoms. The minimum atomic E-state index is -0.221. The molecule has 3 atom stereocenters. The van der Waals surface area contributed by atoms with Gasteiger partial charge in [0.05, 0.1) is 12.1 Å². The van der Waals surface area contributed by atoms with Gasteiger partial charge in [0, 0.05) is 27.5 Å². The van der Waals surface area contributed by atoms with E-state index in [0.29, 0.717) is 12.3 Å². The van der Waals surface area contributed by atoms with Crippen molar-refractivity contribution in [2.45, 2.75) is 45.8 Å². The predicted molar refractivity (Wildman–Crippen MR) is 63.2 cm³/mol. The number of nitrogens with zero attached hydrogens (tertiary/aromatic N) is 1. The van der Waals surface area contributed by atoms with Gasteiger partial charge < -0.3 is 14.4 Å². The number of amides is 1. The Balaban J connectivity index is 4.88. The molecule has 0 bridgehead atoms. The zero-order valence-electron chi connectivity index (χ0n) is 10.9. The van der Waals surface area contributed by atoms with Crippen molar-refractivity contribution in [1.82, 2.24) is 4.90 Å². The van der Waals surface area contributed by atoms with Gasteiger partial charge in [-0.1, -0.05) is 20.3 Å². The maximum absolute atomic E-state index is 11.4. The first-order chi connectivity index (χ1) is 7.49. The standard InChI is InChI=1S/C12H23NO3/c1-6-9(2)12(13(4)10(3)15)11(16-5)7-8-14/h8-9,11-12H,6-7H2,1-5H3/t9-,11+,12-/m0/s1. The number of methoxy groups -OCH3 is 1. The van der Waals surface area contributed by atoms with Crippen molar-refractivity contribution in [3.63, 3.8) is 0 Å². The van der Waals surface area contributed by atoms with Crippen molar-refractivity contribution in [2.75, 3.05) is 14.2 Å². The largest absolute Gasteiger partial charge is 0.379 e. The van der Waals surface area contributed by atoms with E-state index in [1.165, 1.54) is 6.92 Å². The fraction of sp³-hybridized carbons (Fsp3) is 0.833. The van der Waals surface area contributed by atoms with Crippen molar-refractivity contribution in [1.29, 1.82) is 0 Å². The normalized spacial score (nSPS) is 16.3. The van der Waals surface area contributed by atoms with E-state index < -0.39 is 0 Å². The maximum Gasteiger partial charge on any atom is 0.219 e. The summed E-state index contributed by atoms with van der Waals surface area (Å²) in [6.07, 6.45) is 1.89. The Morgan fingerprint density at radius 1 is 1.50 bits per heavy atom. The lowest BCUT2D eigenvalue weighted by molar-refractivity contribution is -0.135. The van der Waals surface area contributed by atoms with Crippen LogP contribution in [0.4, 0.5) is 0 Å². The molecule has 0 rings (SSSR count). The van der Waals surface area contributed by atoms with Crippen LogP contribution < -0.4 is 0 Å². The van der Waals surface area contributed by atoms with E-state index in [4.69, 9.17) is 4.74 Å². The molecule has 0 aliphatic heterocycles. The first-order valence-electron chi connectivity index (χ1n) is 5.69. The number of carbonyl (C=O) groups excluding carboxylic acids is 2. The Bertz CT molecular complexity index is 230. The second kappa shape index (κ2) is 7.39. The van der Waals surface area contributed by atoms with Gasteiger partial charge in [-0.25, -0.2) is 0 Å². The van der Waals surface area contributed by atoms with Crippen LogP contribution in [-0.4, -0.2) is 43.4 Å². The number of likely N-dealkylation sites (N-methyl/N-ethyl adjacent to an activating group) is 1. The van der Waals surface area contributed by atoms with Gasteiger partial charge in [0.2, 0.25) is 5.91 Å². The van der Waals surface area contributed by atoms with Gasteiger partial charge in [-0.3, -0.25) is 4.79 Å². The summed E-state index contributed by atoms with van der Waals surface area (Å²) in [5, 5.41) is 0. The molecule has 0 aromatic heterocycles. The fourth-order valence-corrected chi connectivity index (χ4v) is 1.92. The van der Waals surface area contributed by atoms with E-state index in [9.17, 15) is 9.59 Å². The van der Waals surface area contributed by atoms with E-state index in [1.54, 1.807) is 19.1 Å². The van der Waals surface area contributed by atoms with Crippen molar-refractivity contribution >= 4 is 12.2 Å². The van der Waals surface area contributed by atoms with Crippen LogP contribution in [0, 0.1) is 5.92 Å². The lowest BCUT2D eigenvalue weighted by Crippen LogP contribution is -2.48. The van der Waals surface area contributed by atoms with E-state index in [1.807, 2.05) is 0 Å². The number of rotatable bonds is 7. The summed E-state index contributed by atoms with van der Waals surface area (Å²) >= 11 is 0. The third kappa shape index (κ3) is 3.93. The van der Waals surface area contributed by atoms with E-state index in [2.05, 4.69) is 13.8 Å². The highest BCUT2D eigenvalue weighted by atomic mass is 16.5. The molecular formula is C12H23NO3. The van der Waals surface area contributed by atoms with Gasteiger partial charge in [-0.2, -0.15) is 0 Å². The van der Waals surface area contributed by atoms with Crippen molar-refractivity contribution in [3.8, 4) is 0 Å². The highest BCUT2D eigenvalue weighted by molar-refractivity contribution is 5.73. The van der Waals surface area contributed by atoms with E-state index in [0.717, 1.165) is 12.7 Å². The van der Waals surface area contributed by atoms with Crippen LogP contribution in [-0.2, 0) is 14.3 Å². The molecule has 4 nitrogen and oxygen atoms in total. The highest BCUT2D eigenvalue weighted by Crippen LogP contribution is 2.20. The maximum atomic E-state index is 11.4. The Hall–Kier alpha value is -0.900. The zero-order valence-corrected chi connectivity index (χ0v) is 10.9. The summed E-state index contributed by atoms with van der Waals surface area (Å²) in [5.74, 6) is 0.303. The summed E-state index contributed by atoms with van der Waals surface area (Å²) < 4.78 is 5.32. The van der Waals surface area contributed by atoms with Gasteiger partial charge in [-0.15, -0.1) is 0 Å². The molecule has 0 unspecified atom stereocenters. The Kier molecular flexibility index (Phi) is 6.97. The number of carbonyl (C=O) groups is 2. The molecule has 0 N–H and O–H groups in total. The van der Waals surface area contributed by atoms with E-state index in [-0.39, 0.29) is 18.1 Å². The van der Waals surface area contributed by atoms with Crippen LogP contribution in [0.1, 0.15) is 33.6 Å². The Morgan fingerprint density at radius 2 is 2.06 bits per heavy atom. The summed E-state index contributed by atoms with van der Waals surface area (Å²) in [7, 11) is 3.34. The van der Waals surface area contributed by atoms with Gasteiger partial charge in [0.1, 0.15) is 6.29 Å². The van der Waals surface area contributed by atoms with Crippen LogP contribution in [0.3, 0.4) is 0 Å². The summed E-state index contributed by atoms with van der Waals surface area (Å²) in [6.45, 7) is 5.67. The third-order valence-electron chi connectivity index (χ3n) is 3.18. The molecule has 0 heterocycles. The van der Waals surface area contributed by atoms with Gasteiger partial charge in [0.25, 0.3) is 0 Å². The third-order valence-corrected chi connectivity index (χ3v) is 3.18. The topological polar surface area (TPSA) is 46.6 Å².